The summed E-state index contributed by atoms with van der Waals surface area (Å²) in [5, 5.41) is 10.7. The molecule has 2 rings (SSSR count). The van der Waals surface area contributed by atoms with Gasteiger partial charge in [0.2, 0.25) is 0 Å². The lowest BCUT2D eigenvalue weighted by atomic mass is 10.1. The zero-order valence-corrected chi connectivity index (χ0v) is 11.5. The second kappa shape index (κ2) is 6.32. The van der Waals surface area contributed by atoms with Crippen LogP contribution in [0.1, 0.15) is 24.1 Å². The maximum atomic E-state index is 13.8. The Morgan fingerprint density at radius 1 is 1.33 bits per heavy atom. The summed E-state index contributed by atoms with van der Waals surface area (Å²) in [7, 11) is 0. The van der Waals surface area contributed by atoms with Crippen molar-refractivity contribution in [3.63, 3.8) is 0 Å². The molecule has 6 heteroatoms. The molecule has 0 aliphatic carbocycles. The van der Waals surface area contributed by atoms with Crippen LogP contribution in [0.4, 0.5) is 10.1 Å². The second-order valence-corrected chi connectivity index (χ2v) is 4.69. The quantitative estimate of drug-likeness (QED) is 0.676. The fourth-order valence-corrected chi connectivity index (χ4v) is 1.84. The van der Waals surface area contributed by atoms with Crippen LogP contribution in [0.15, 0.2) is 42.5 Å². The van der Waals surface area contributed by atoms with Crippen molar-refractivity contribution in [3.8, 4) is 5.75 Å². The van der Waals surface area contributed by atoms with Gasteiger partial charge in [-0.2, -0.15) is 0 Å². The zero-order chi connectivity index (χ0) is 15.4. The van der Waals surface area contributed by atoms with Crippen LogP contribution in [-0.2, 0) is 6.61 Å². The minimum absolute atomic E-state index is 0.0242. The fourth-order valence-electron chi connectivity index (χ4n) is 1.84. The molecule has 0 saturated carbocycles. The van der Waals surface area contributed by atoms with Crippen LogP contribution in [0.2, 0.25) is 0 Å². The van der Waals surface area contributed by atoms with E-state index in [0.717, 1.165) is 0 Å². The summed E-state index contributed by atoms with van der Waals surface area (Å²) in [6.07, 6.45) is 0. The molecule has 0 bridgehead atoms. The van der Waals surface area contributed by atoms with E-state index in [1.54, 1.807) is 25.1 Å². The number of nitrogens with two attached hydrogens (primary N) is 1. The van der Waals surface area contributed by atoms with E-state index in [0.29, 0.717) is 11.1 Å². The Kier molecular flexibility index (Phi) is 4.49. The standard InChI is InChI=1S/C15H15FN2O3/c1-10(17)12-5-6-15(14(16)8-12)21-9-11-3-2-4-13(7-11)18(19)20/h2-8,10H,9,17H2,1H3. The Morgan fingerprint density at radius 3 is 2.71 bits per heavy atom. The van der Waals surface area contributed by atoms with Crippen LogP contribution in [-0.4, -0.2) is 4.92 Å². The maximum Gasteiger partial charge on any atom is 0.269 e. The molecule has 110 valence electrons. The third-order valence-corrected chi connectivity index (χ3v) is 3.00. The lowest BCUT2D eigenvalue weighted by Crippen LogP contribution is -2.06. The summed E-state index contributed by atoms with van der Waals surface area (Å²) in [5.41, 5.74) is 6.92. The third-order valence-electron chi connectivity index (χ3n) is 3.00. The Morgan fingerprint density at radius 2 is 2.10 bits per heavy atom. The Bertz CT molecular complexity index is 659. The van der Waals surface area contributed by atoms with Gasteiger partial charge < -0.3 is 10.5 Å². The van der Waals surface area contributed by atoms with Gasteiger partial charge in [-0.3, -0.25) is 10.1 Å². The molecule has 0 heterocycles. The zero-order valence-electron chi connectivity index (χ0n) is 11.5. The molecule has 1 atom stereocenters. The van der Waals surface area contributed by atoms with Gasteiger partial charge in [-0.15, -0.1) is 0 Å². The lowest BCUT2D eigenvalue weighted by molar-refractivity contribution is -0.384. The second-order valence-electron chi connectivity index (χ2n) is 4.69. The number of halogens is 1. The first-order chi connectivity index (χ1) is 9.97. The van der Waals surface area contributed by atoms with Crippen molar-refractivity contribution in [2.45, 2.75) is 19.6 Å². The number of nitro benzene ring substituents is 1. The van der Waals surface area contributed by atoms with Crippen LogP contribution < -0.4 is 10.5 Å². The largest absolute Gasteiger partial charge is 0.486 e. The third kappa shape index (κ3) is 3.76. The molecule has 0 amide bonds. The predicted molar refractivity (Wildman–Crippen MR) is 76.4 cm³/mol. The number of benzene rings is 2. The van der Waals surface area contributed by atoms with E-state index in [4.69, 9.17) is 10.5 Å². The predicted octanol–water partition coefficient (Wildman–Crippen LogP) is 3.33. The van der Waals surface area contributed by atoms with Crippen LogP contribution in [0.25, 0.3) is 0 Å². The number of non-ortho nitro benzene ring substituents is 1. The van der Waals surface area contributed by atoms with Crippen molar-refractivity contribution in [1.82, 2.24) is 0 Å². The number of ether oxygens (including phenoxy) is 1. The summed E-state index contributed by atoms with van der Waals surface area (Å²) in [6, 6.07) is 10.3. The first-order valence-electron chi connectivity index (χ1n) is 6.38. The summed E-state index contributed by atoms with van der Waals surface area (Å²) in [4.78, 5) is 10.2. The minimum Gasteiger partial charge on any atom is -0.486 e. The summed E-state index contributed by atoms with van der Waals surface area (Å²) in [5.74, 6) is -0.416. The molecule has 0 aliphatic rings. The van der Waals surface area contributed by atoms with E-state index in [9.17, 15) is 14.5 Å². The summed E-state index contributed by atoms with van der Waals surface area (Å²) >= 11 is 0. The normalized spacial score (nSPS) is 12.0. The Labute approximate surface area is 121 Å². The summed E-state index contributed by atoms with van der Waals surface area (Å²) in [6.45, 7) is 1.81. The highest BCUT2D eigenvalue weighted by molar-refractivity contribution is 5.35. The Balaban J connectivity index is 2.09. The molecule has 2 aromatic carbocycles. The lowest BCUT2D eigenvalue weighted by Gasteiger charge is -2.10. The van der Waals surface area contributed by atoms with E-state index in [-0.39, 0.29) is 24.1 Å². The van der Waals surface area contributed by atoms with E-state index in [1.807, 2.05) is 0 Å². The monoisotopic (exact) mass is 290 g/mol. The average Bonchev–Trinajstić information content (AvgIpc) is 2.46. The van der Waals surface area contributed by atoms with Crippen LogP contribution in [0.5, 0.6) is 5.75 Å². The fraction of sp³-hybridized carbons (Fsp3) is 0.200. The van der Waals surface area contributed by atoms with E-state index >= 15 is 0 Å². The van der Waals surface area contributed by atoms with Gasteiger partial charge in [0, 0.05) is 18.2 Å². The van der Waals surface area contributed by atoms with E-state index < -0.39 is 10.7 Å². The van der Waals surface area contributed by atoms with Gasteiger partial charge in [0.1, 0.15) is 6.61 Å². The number of nitrogens with zero attached hydrogens (tertiary/aromatic N) is 1. The molecule has 2 N–H and O–H groups in total. The van der Waals surface area contributed by atoms with Crippen molar-refractivity contribution in [2.24, 2.45) is 5.73 Å². The molecular weight excluding hydrogens is 275 g/mol. The van der Waals surface area contributed by atoms with Crippen LogP contribution in [0, 0.1) is 15.9 Å². The van der Waals surface area contributed by atoms with E-state index in [1.165, 1.54) is 24.3 Å². The van der Waals surface area contributed by atoms with Crippen molar-refractivity contribution < 1.29 is 14.1 Å². The van der Waals surface area contributed by atoms with Gasteiger partial charge in [-0.25, -0.2) is 4.39 Å². The van der Waals surface area contributed by atoms with Gasteiger partial charge in [0.05, 0.1) is 4.92 Å². The number of hydrogen-bond donors (Lipinski definition) is 1. The highest BCUT2D eigenvalue weighted by atomic mass is 19.1. The number of nitro groups is 1. The molecule has 0 aromatic heterocycles. The molecule has 5 nitrogen and oxygen atoms in total. The van der Waals surface area contributed by atoms with Crippen molar-refractivity contribution >= 4 is 5.69 Å². The first kappa shape index (κ1) is 14.9. The van der Waals surface area contributed by atoms with Gasteiger partial charge >= 0.3 is 0 Å². The topological polar surface area (TPSA) is 78.4 Å². The maximum absolute atomic E-state index is 13.8. The van der Waals surface area contributed by atoms with Gasteiger partial charge in [0.15, 0.2) is 11.6 Å². The summed E-state index contributed by atoms with van der Waals surface area (Å²) < 4.78 is 19.2. The number of rotatable bonds is 5. The highest BCUT2D eigenvalue weighted by Gasteiger charge is 2.09. The van der Waals surface area contributed by atoms with Gasteiger partial charge in [-0.1, -0.05) is 18.2 Å². The van der Waals surface area contributed by atoms with Gasteiger partial charge in [-0.05, 0) is 30.2 Å². The molecule has 21 heavy (non-hydrogen) atoms. The smallest absolute Gasteiger partial charge is 0.269 e. The molecule has 0 radical (unpaired) electrons. The van der Waals surface area contributed by atoms with Gasteiger partial charge in [0.25, 0.3) is 5.69 Å². The molecular formula is C15H15FN2O3. The van der Waals surface area contributed by atoms with Crippen LogP contribution >= 0.6 is 0 Å². The molecule has 1 unspecified atom stereocenters. The minimum atomic E-state index is -0.504. The highest BCUT2D eigenvalue weighted by Crippen LogP contribution is 2.22. The van der Waals surface area contributed by atoms with Crippen molar-refractivity contribution in [3.05, 3.63) is 69.5 Å². The first-order valence-corrected chi connectivity index (χ1v) is 6.38. The van der Waals surface area contributed by atoms with Crippen LogP contribution in [0.3, 0.4) is 0 Å². The Hall–Kier alpha value is -2.47. The van der Waals surface area contributed by atoms with Crippen molar-refractivity contribution in [2.75, 3.05) is 0 Å². The van der Waals surface area contributed by atoms with Crippen molar-refractivity contribution in [1.29, 1.82) is 0 Å². The number of hydrogen-bond acceptors (Lipinski definition) is 4. The average molecular weight is 290 g/mol. The molecule has 0 spiro atoms. The molecule has 0 saturated heterocycles. The molecule has 0 aliphatic heterocycles. The molecule has 2 aromatic rings. The van der Waals surface area contributed by atoms with E-state index in [2.05, 4.69) is 0 Å². The SMILES string of the molecule is CC(N)c1ccc(OCc2cccc([N+](=O)[O-])c2)c(F)c1. The molecule has 0 fully saturated rings.